The lowest BCUT2D eigenvalue weighted by Crippen LogP contribution is -2.26. The molecule has 0 aromatic carbocycles. The van der Waals surface area contributed by atoms with E-state index in [2.05, 4.69) is 11.1 Å². The highest BCUT2D eigenvalue weighted by molar-refractivity contribution is 7.17. The molecule has 0 atom stereocenters. The van der Waals surface area contributed by atoms with Gasteiger partial charge in [0.15, 0.2) is 16.6 Å². The number of ether oxygens (including phenoxy) is 1. The third-order valence-corrected chi connectivity index (χ3v) is 4.30. The van der Waals surface area contributed by atoms with Gasteiger partial charge in [-0.05, 0) is 19.8 Å². The minimum atomic E-state index is -0.568. The van der Waals surface area contributed by atoms with Gasteiger partial charge in [0.05, 0.1) is 19.1 Å². The van der Waals surface area contributed by atoms with Crippen molar-refractivity contribution in [2.24, 2.45) is 0 Å². The molecule has 0 bridgehead atoms. The highest BCUT2D eigenvalue weighted by Gasteiger charge is 2.33. The van der Waals surface area contributed by atoms with Crippen LogP contribution in [0.25, 0.3) is 0 Å². The number of carbonyl (C=O) groups is 2. The van der Waals surface area contributed by atoms with Crippen molar-refractivity contribution >= 4 is 28.2 Å². The van der Waals surface area contributed by atoms with Crippen molar-refractivity contribution in [1.82, 2.24) is 4.98 Å². The van der Waals surface area contributed by atoms with Crippen molar-refractivity contribution < 1.29 is 14.3 Å². The van der Waals surface area contributed by atoms with Gasteiger partial charge in [0, 0.05) is 19.5 Å². The Bertz CT molecular complexity index is 587. The van der Waals surface area contributed by atoms with E-state index in [0.29, 0.717) is 29.0 Å². The van der Waals surface area contributed by atoms with Crippen LogP contribution in [0.3, 0.4) is 0 Å². The summed E-state index contributed by atoms with van der Waals surface area (Å²) < 4.78 is 4.95. The first-order valence-electron chi connectivity index (χ1n) is 6.91. The quantitative estimate of drug-likeness (QED) is 0.568. The van der Waals surface area contributed by atoms with E-state index >= 15 is 0 Å². The van der Waals surface area contributed by atoms with Crippen molar-refractivity contribution in [3.05, 3.63) is 10.6 Å². The second kappa shape index (κ2) is 6.68. The predicted octanol–water partition coefficient (Wildman–Crippen LogP) is 2.40. The molecule has 1 aromatic heterocycles. The van der Waals surface area contributed by atoms with E-state index < -0.39 is 5.97 Å². The molecule has 1 fully saturated rings. The molecule has 0 radical (unpaired) electrons. The molecule has 112 valence electrons. The third-order valence-electron chi connectivity index (χ3n) is 3.10. The van der Waals surface area contributed by atoms with E-state index in [-0.39, 0.29) is 18.1 Å². The van der Waals surface area contributed by atoms with Crippen LogP contribution in [0.15, 0.2) is 0 Å². The van der Waals surface area contributed by atoms with Gasteiger partial charge in [0.25, 0.3) is 0 Å². The number of rotatable bonds is 7. The maximum atomic E-state index is 11.9. The molecule has 0 spiro atoms. The predicted molar refractivity (Wildman–Crippen MR) is 78.7 cm³/mol. The van der Waals surface area contributed by atoms with Gasteiger partial charge in [-0.15, -0.1) is 0 Å². The molecule has 0 unspecified atom stereocenters. The summed E-state index contributed by atoms with van der Waals surface area (Å²) in [5.74, 6) is -0.765. The summed E-state index contributed by atoms with van der Waals surface area (Å²) >= 11 is 1.20. The minimum absolute atomic E-state index is 0.0898. The van der Waals surface area contributed by atoms with Crippen LogP contribution in [-0.2, 0) is 4.74 Å². The fourth-order valence-electron chi connectivity index (χ4n) is 2.00. The molecule has 1 saturated carbocycles. The summed E-state index contributed by atoms with van der Waals surface area (Å²) in [5.41, 5.74) is 0.0898. The maximum absolute atomic E-state index is 11.9. The summed E-state index contributed by atoms with van der Waals surface area (Å²) in [4.78, 5) is 30.3. The number of Topliss-reactive ketones (excluding diaryl/α,β-unsaturated/α-hetero) is 1. The Morgan fingerprint density at radius 3 is 2.76 bits per heavy atom. The normalized spacial score (nSPS) is 13.6. The van der Waals surface area contributed by atoms with Crippen LogP contribution < -0.4 is 4.90 Å². The van der Waals surface area contributed by atoms with Crippen molar-refractivity contribution in [3.63, 3.8) is 0 Å². The van der Waals surface area contributed by atoms with Crippen LogP contribution in [0.2, 0.25) is 0 Å². The first-order valence-corrected chi connectivity index (χ1v) is 7.72. The van der Waals surface area contributed by atoms with Crippen molar-refractivity contribution in [3.8, 4) is 6.07 Å². The SMILES string of the molecule is CCOC(=O)c1nc(N(CCC#N)C2CC2)sc1C(C)=O. The fraction of sp³-hybridized carbons (Fsp3) is 0.571. The molecule has 0 amide bonds. The zero-order valence-electron chi connectivity index (χ0n) is 12.1. The van der Waals surface area contributed by atoms with Gasteiger partial charge < -0.3 is 9.64 Å². The molecule has 0 aliphatic heterocycles. The Morgan fingerprint density at radius 1 is 1.52 bits per heavy atom. The lowest BCUT2D eigenvalue weighted by molar-refractivity contribution is 0.0517. The molecule has 0 saturated heterocycles. The van der Waals surface area contributed by atoms with E-state index in [0.717, 1.165) is 12.8 Å². The summed E-state index contributed by atoms with van der Waals surface area (Å²) in [6.07, 6.45) is 2.49. The molecule has 6 nitrogen and oxygen atoms in total. The topological polar surface area (TPSA) is 83.3 Å². The van der Waals surface area contributed by atoms with Crippen molar-refractivity contribution in [2.45, 2.75) is 39.2 Å². The summed E-state index contributed by atoms with van der Waals surface area (Å²) in [5, 5.41) is 9.37. The smallest absolute Gasteiger partial charge is 0.358 e. The Labute approximate surface area is 127 Å². The molecule has 1 aliphatic rings. The van der Waals surface area contributed by atoms with Gasteiger partial charge in [-0.3, -0.25) is 4.79 Å². The van der Waals surface area contributed by atoms with Gasteiger partial charge in [-0.25, -0.2) is 9.78 Å². The van der Waals surface area contributed by atoms with E-state index in [9.17, 15) is 9.59 Å². The molecular weight excluding hydrogens is 290 g/mol. The summed E-state index contributed by atoms with van der Waals surface area (Å²) in [6.45, 7) is 3.93. The average molecular weight is 307 g/mol. The van der Waals surface area contributed by atoms with E-state index in [4.69, 9.17) is 10.00 Å². The number of hydrogen-bond donors (Lipinski definition) is 0. The Morgan fingerprint density at radius 2 is 2.24 bits per heavy atom. The van der Waals surface area contributed by atoms with E-state index in [1.54, 1.807) is 6.92 Å². The Balaban J connectivity index is 2.31. The number of anilines is 1. The van der Waals surface area contributed by atoms with Crippen molar-refractivity contribution in [2.75, 3.05) is 18.1 Å². The lowest BCUT2D eigenvalue weighted by Gasteiger charge is -2.19. The monoisotopic (exact) mass is 307 g/mol. The van der Waals surface area contributed by atoms with Gasteiger partial charge in [0.2, 0.25) is 0 Å². The third kappa shape index (κ3) is 3.58. The van der Waals surface area contributed by atoms with Gasteiger partial charge in [-0.1, -0.05) is 11.3 Å². The van der Waals surface area contributed by atoms with E-state index in [1.807, 2.05) is 4.90 Å². The molecule has 21 heavy (non-hydrogen) atoms. The number of nitrogens with zero attached hydrogens (tertiary/aromatic N) is 3. The Hall–Kier alpha value is -1.94. The largest absolute Gasteiger partial charge is 0.461 e. The average Bonchev–Trinajstić information content (AvgIpc) is 3.17. The number of thiazole rings is 1. The number of carbonyl (C=O) groups excluding carboxylic acids is 2. The van der Waals surface area contributed by atoms with Crippen LogP contribution in [0.5, 0.6) is 0 Å². The first kappa shape index (κ1) is 15.4. The highest BCUT2D eigenvalue weighted by atomic mass is 32.1. The Kier molecular flexibility index (Phi) is 4.91. The maximum Gasteiger partial charge on any atom is 0.358 e. The van der Waals surface area contributed by atoms with Crippen LogP contribution in [-0.4, -0.2) is 35.9 Å². The number of aromatic nitrogens is 1. The zero-order valence-corrected chi connectivity index (χ0v) is 12.9. The second-order valence-corrected chi connectivity index (χ2v) is 5.76. The van der Waals surface area contributed by atoms with Crippen molar-refractivity contribution in [1.29, 1.82) is 5.26 Å². The molecule has 1 aliphatic carbocycles. The fourth-order valence-corrected chi connectivity index (χ4v) is 3.05. The number of esters is 1. The van der Waals surface area contributed by atoms with Crippen LogP contribution in [0.1, 0.15) is 53.3 Å². The molecule has 1 heterocycles. The first-order chi connectivity index (χ1) is 10.1. The van der Waals surface area contributed by atoms with Gasteiger partial charge >= 0.3 is 5.97 Å². The lowest BCUT2D eigenvalue weighted by atomic mass is 10.3. The number of hydrogen-bond acceptors (Lipinski definition) is 7. The molecule has 2 rings (SSSR count). The number of ketones is 1. The highest BCUT2D eigenvalue weighted by Crippen LogP contribution is 2.35. The van der Waals surface area contributed by atoms with Gasteiger partial charge in [-0.2, -0.15) is 5.26 Å². The van der Waals surface area contributed by atoms with Crippen LogP contribution in [0.4, 0.5) is 5.13 Å². The second-order valence-electron chi connectivity index (χ2n) is 4.78. The summed E-state index contributed by atoms with van der Waals surface area (Å²) in [6, 6.07) is 2.47. The van der Waals surface area contributed by atoms with Crippen LogP contribution in [0, 0.1) is 11.3 Å². The molecular formula is C14H17N3O3S. The standard InChI is InChI=1S/C14H17N3O3S/c1-3-20-13(19)11-12(9(2)18)21-14(16-11)17(8-4-7-15)10-5-6-10/h10H,3-6,8H2,1-2H3. The molecule has 7 heteroatoms. The zero-order chi connectivity index (χ0) is 15.4. The molecule has 0 N–H and O–H groups in total. The van der Waals surface area contributed by atoms with E-state index in [1.165, 1.54) is 18.3 Å². The number of nitriles is 1. The minimum Gasteiger partial charge on any atom is -0.461 e. The van der Waals surface area contributed by atoms with Crippen LogP contribution >= 0.6 is 11.3 Å². The van der Waals surface area contributed by atoms with Gasteiger partial charge in [0.1, 0.15) is 4.88 Å². The molecule has 1 aromatic rings. The summed E-state index contributed by atoms with van der Waals surface area (Å²) in [7, 11) is 0.